The van der Waals surface area contributed by atoms with Crippen LogP contribution in [0.25, 0.3) is 0 Å². The highest BCUT2D eigenvalue weighted by molar-refractivity contribution is 6.61. The first-order valence-electron chi connectivity index (χ1n) is 5.92. The average Bonchev–Trinajstić information content (AvgIpc) is 2.69. The molecule has 0 bridgehead atoms. The van der Waals surface area contributed by atoms with Gasteiger partial charge in [0.05, 0.1) is 13.0 Å². The number of hydrogen-bond donors (Lipinski definition) is 3. The predicted molar refractivity (Wildman–Crippen MR) is 68.0 cm³/mol. The average molecular weight is 263 g/mol. The number of rotatable bonds is 4. The van der Waals surface area contributed by atoms with Crippen LogP contribution in [0.1, 0.15) is 29.3 Å². The van der Waals surface area contributed by atoms with Crippen LogP contribution >= 0.6 is 0 Å². The van der Waals surface area contributed by atoms with E-state index in [2.05, 4.69) is 5.32 Å². The van der Waals surface area contributed by atoms with Crippen molar-refractivity contribution in [2.75, 3.05) is 0 Å². The molecule has 6 nitrogen and oxygen atoms in total. The molecule has 0 saturated heterocycles. The third-order valence-electron chi connectivity index (χ3n) is 2.93. The molecule has 1 aliphatic rings. The molecule has 3 N–H and O–H groups in total. The van der Waals surface area contributed by atoms with Gasteiger partial charge in [-0.3, -0.25) is 9.59 Å². The van der Waals surface area contributed by atoms with Gasteiger partial charge in [0.25, 0.3) is 5.91 Å². The van der Waals surface area contributed by atoms with Crippen molar-refractivity contribution in [2.24, 2.45) is 0 Å². The molecule has 1 atom stereocenters. The summed E-state index contributed by atoms with van der Waals surface area (Å²) in [4.78, 5) is 22.4. The molecule has 1 unspecified atom stereocenters. The zero-order valence-corrected chi connectivity index (χ0v) is 10.4. The summed E-state index contributed by atoms with van der Waals surface area (Å²) in [7, 11) is -1.00. The highest BCUT2D eigenvalue weighted by atomic mass is 16.5. The van der Waals surface area contributed by atoms with Crippen LogP contribution in [0.5, 0.6) is 0 Å². The van der Waals surface area contributed by atoms with E-state index < -0.39 is 19.1 Å². The van der Waals surface area contributed by atoms with E-state index in [0.29, 0.717) is 17.6 Å². The third kappa shape index (κ3) is 3.13. The molecule has 1 aromatic carbocycles. The molecule has 1 amide bonds. The summed E-state index contributed by atoms with van der Waals surface area (Å²) in [6.45, 7) is 1.95. The fourth-order valence-electron chi connectivity index (χ4n) is 1.98. The van der Waals surface area contributed by atoms with Crippen molar-refractivity contribution in [3.05, 3.63) is 29.3 Å². The number of carboxylic acid groups (broad SMARTS) is 1. The molecule has 2 rings (SSSR count). The Kier molecular flexibility index (Phi) is 3.87. The largest absolute Gasteiger partial charge is 0.491 e. The third-order valence-corrected chi connectivity index (χ3v) is 2.93. The van der Waals surface area contributed by atoms with Crippen molar-refractivity contribution in [3.63, 3.8) is 0 Å². The minimum Gasteiger partial charge on any atom is -0.481 e. The number of fused-ring (bicyclic) bond motifs is 1. The van der Waals surface area contributed by atoms with Gasteiger partial charge in [-0.05, 0) is 30.1 Å². The molecule has 0 fully saturated rings. The highest BCUT2D eigenvalue weighted by Gasteiger charge is 2.28. The normalized spacial score (nSPS) is 14.9. The number of aliphatic carboxylic acids is 1. The second-order valence-electron chi connectivity index (χ2n) is 4.55. The smallest absolute Gasteiger partial charge is 0.481 e. The standard InChI is InChI=1S/C12H14BNO5/c1-7(4-11(15)16)14-12(17)8-2-3-9-6-19-13(18)10(9)5-8/h2-3,5,7,18H,4,6H2,1H3,(H,14,17)(H,15,16). The highest BCUT2D eigenvalue weighted by Crippen LogP contribution is 2.11. The molecule has 1 aromatic rings. The van der Waals surface area contributed by atoms with Gasteiger partial charge in [0.15, 0.2) is 0 Å². The molecule has 0 spiro atoms. The lowest BCUT2D eigenvalue weighted by Gasteiger charge is -2.12. The van der Waals surface area contributed by atoms with Gasteiger partial charge in [-0.1, -0.05) is 6.07 Å². The van der Waals surface area contributed by atoms with E-state index in [-0.39, 0.29) is 12.3 Å². The topological polar surface area (TPSA) is 95.9 Å². The first kappa shape index (κ1) is 13.6. The minimum absolute atomic E-state index is 0.136. The van der Waals surface area contributed by atoms with E-state index in [0.717, 1.165) is 5.56 Å². The first-order chi connectivity index (χ1) is 8.97. The van der Waals surface area contributed by atoms with Crippen LogP contribution in [0, 0.1) is 0 Å². The van der Waals surface area contributed by atoms with Crippen LogP contribution in [0.15, 0.2) is 18.2 Å². The van der Waals surface area contributed by atoms with E-state index in [9.17, 15) is 14.6 Å². The van der Waals surface area contributed by atoms with E-state index in [1.807, 2.05) is 0 Å². The number of carboxylic acids is 1. The Morgan fingerprint density at radius 3 is 2.95 bits per heavy atom. The summed E-state index contributed by atoms with van der Waals surface area (Å²) in [5.74, 6) is -1.33. The molecule has 0 radical (unpaired) electrons. The van der Waals surface area contributed by atoms with Gasteiger partial charge in [0.2, 0.25) is 0 Å². The summed E-state index contributed by atoms with van der Waals surface area (Å²) < 4.78 is 5.04. The van der Waals surface area contributed by atoms with Gasteiger partial charge in [0.1, 0.15) is 0 Å². The SMILES string of the molecule is CC(CC(=O)O)NC(=O)c1ccc2c(c1)B(O)OC2. The summed E-state index contributed by atoms with van der Waals surface area (Å²) in [5.41, 5.74) is 1.81. The van der Waals surface area contributed by atoms with E-state index in [1.165, 1.54) is 0 Å². The second kappa shape index (κ2) is 5.42. The zero-order valence-electron chi connectivity index (χ0n) is 10.4. The summed E-state index contributed by atoms with van der Waals surface area (Å²) >= 11 is 0. The Hall–Kier alpha value is -1.86. The van der Waals surface area contributed by atoms with Crippen molar-refractivity contribution < 1.29 is 24.4 Å². The Labute approximate surface area is 110 Å². The number of hydrogen-bond acceptors (Lipinski definition) is 4. The van der Waals surface area contributed by atoms with Gasteiger partial charge in [-0.2, -0.15) is 0 Å². The lowest BCUT2D eigenvalue weighted by Crippen LogP contribution is -2.35. The zero-order chi connectivity index (χ0) is 14.0. The molecule has 100 valence electrons. The van der Waals surface area contributed by atoms with Crippen molar-refractivity contribution in [2.45, 2.75) is 26.0 Å². The number of carbonyl (C=O) groups excluding carboxylic acids is 1. The van der Waals surface area contributed by atoms with Gasteiger partial charge < -0.3 is 20.1 Å². The quantitative estimate of drug-likeness (QED) is 0.636. The maximum absolute atomic E-state index is 11.9. The van der Waals surface area contributed by atoms with Crippen LogP contribution in [0.2, 0.25) is 0 Å². The van der Waals surface area contributed by atoms with Crippen LogP contribution in [0.4, 0.5) is 0 Å². The van der Waals surface area contributed by atoms with Crippen LogP contribution in [-0.2, 0) is 16.1 Å². The van der Waals surface area contributed by atoms with Gasteiger partial charge >= 0.3 is 13.1 Å². The Morgan fingerprint density at radius 2 is 2.26 bits per heavy atom. The maximum atomic E-state index is 11.9. The lowest BCUT2D eigenvalue weighted by atomic mass is 9.79. The van der Waals surface area contributed by atoms with Gasteiger partial charge in [0, 0.05) is 11.6 Å². The Morgan fingerprint density at radius 1 is 1.53 bits per heavy atom. The lowest BCUT2D eigenvalue weighted by molar-refractivity contribution is -0.137. The number of nitrogens with one attached hydrogen (secondary N) is 1. The first-order valence-corrected chi connectivity index (χ1v) is 5.92. The van der Waals surface area contributed by atoms with E-state index in [4.69, 9.17) is 9.76 Å². The number of amides is 1. The number of carbonyl (C=O) groups is 2. The fourth-order valence-corrected chi connectivity index (χ4v) is 1.98. The molecule has 0 aliphatic carbocycles. The van der Waals surface area contributed by atoms with Crippen molar-refractivity contribution in [1.82, 2.24) is 5.32 Å². The Bertz CT molecular complexity index is 519. The van der Waals surface area contributed by atoms with Crippen molar-refractivity contribution >= 4 is 24.5 Å². The second-order valence-corrected chi connectivity index (χ2v) is 4.55. The molecule has 19 heavy (non-hydrogen) atoms. The number of benzene rings is 1. The fraction of sp³-hybridized carbons (Fsp3) is 0.333. The predicted octanol–water partition coefficient (Wildman–Crippen LogP) is -0.503. The molecule has 1 aliphatic heterocycles. The summed E-state index contributed by atoms with van der Waals surface area (Å²) in [6.07, 6.45) is -0.136. The van der Waals surface area contributed by atoms with E-state index in [1.54, 1.807) is 25.1 Å². The summed E-state index contributed by atoms with van der Waals surface area (Å²) in [5, 5.41) is 20.8. The molecule has 7 heteroatoms. The van der Waals surface area contributed by atoms with Crippen molar-refractivity contribution in [3.8, 4) is 0 Å². The summed E-state index contributed by atoms with van der Waals surface area (Å²) in [6, 6.07) is 4.46. The van der Waals surface area contributed by atoms with Gasteiger partial charge in [-0.25, -0.2) is 0 Å². The Balaban J connectivity index is 2.08. The van der Waals surface area contributed by atoms with Crippen molar-refractivity contribution in [1.29, 1.82) is 0 Å². The molecule has 1 heterocycles. The molecular formula is C12H14BNO5. The van der Waals surface area contributed by atoms with Crippen LogP contribution < -0.4 is 10.8 Å². The molecular weight excluding hydrogens is 249 g/mol. The molecule has 0 saturated carbocycles. The molecule has 0 aromatic heterocycles. The minimum atomic E-state index is -1.00. The van der Waals surface area contributed by atoms with E-state index >= 15 is 0 Å². The van der Waals surface area contributed by atoms with Crippen LogP contribution in [-0.4, -0.2) is 35.2 Å². The van der Waals surface area contributed by atoms with Gasteiger partial charge in [-0.15, -0.1) is 0 Å². The monoisotopic (exact) mass is 263 g/mol. The van der Waals surface area contributed by atoms with Crippen LogP contribution in [0.3, 0.4) is 0 Å². The maximum Gasteiger partial charge on any atom is 0.491 e.